The highest BCUT2D eigenvalue weighted by molar-refractivity contribution is 5.84. The average molecular weight is 172 g/mol. The lowest BCUT2D eigenvalue weighted by Gasteiger charge is -1.93. The zero-order chi connectivity index (χ0) is 9.10. The molecule has 0 atom stereocenters. The Balaban J connectivity index is 2.54. The minimum Gasteiger partial charge on any atom is -0.464 e. The molecule has 0 spiro atoms. The van der Waals surface area contributed by atoms with Crippen LogP contribution in [0.15, 0.2) is 35.1 Å². The van der Waals surface area contributed by atoms with Gasteiger partial charge in [0.05, 0.1) is 12.0 Å². The van der Waals surface area contributed by atoms with Gasteiger partial charge in [-0.25, -0.2) is 0 Å². The Morgan fingerprint density at radius 3 is 3.23 bits per heavy atom. The lowest BCUT2D eigenvalue weighted by atomic mass is 10.2. The number of nitrogens with zero attached hydrogens (tertiary/aromatic N) is 1. The summed E-state index contributed by atoms with van der Waals surface area (Å²) in [5.41, 5.74) is 1.81. The SMILES string of the molecule is [CH2]CC=Cc1nccc2occc12. The van der Waals surface area contributed by atoms with Crippen molar-refractivity contribution in [3.8, 4) is 0 Å². The van der Waals surface area contributed by atoms with Crippen LogP contribution in [0.2, 0.25) is 0 Å². The first-order valence-electron chi connectivity index (χ1n) is 4.20. The zero-order valence-electron chi connectivity index (χ0n) is 7.23. The fourth-order valence-electron chi connectivity index (χ4n) is 1.24. The molecule has 0 saturated heterocycles. The van der Waals surface area contributed by atoms with Crippen molar-refractivity contribution in [1.82, 2.24) is 4.98 Å². The van der Waals surface area contributed by atoms with Crippen LogP contribution < -0.4 is 0 Å². The maximum Gasteiger partial charge on any atom is 0.137 e. The third-order valence-corrected chi connectivity index (χ3v) is 1.85. The van der Waals surface area contributed by atoms with E-state index in [2.05, 4.69) is 11.9 Å². The first-order valence-corrected chi connectivity index (χ1v) is 4.20. The van der Waals surface area contributed by atoms with Crippen LogP contribution >= 0.6 is 0 Å². The molecule has 0 aliphatic rings. The summed E-state index contributed by atoms with van der Waals surface area (Å²) in [7, 11) is 0. The normalized spacial score (nSPS) is 11.5. The Morgan fingerprint density at radius 2 is 2.38 bits per heavy atom. The smallest absolute Gasteiger partial charge is 0.137 e. The largest absolute Gasteiger partial charge is 0.464 e. The van der Waals surface area contributed by atoms with Crippen molar-refractivity contribution in [2.24, 2.45) is 0 Å². The molecule has 2 aromatic heterocycles. The summed E-state index contributed by atoms with van der Waals surface area (Å²) >= 11 is 0. The Bertz CT molecular complexity index is 428. The van der Waals surface area contributed by atoms with E-state index < -0.39 is 0 Å². The Kier molecular flexibility index (Phi) is 2.13. The van der Waals surface area contributed by atoms with Crippen LogP contribution in [-0.2, 0) is 0 Å². The lowest BCUT2D eigenvalue weighted by Crippen LogP contribution is -1.79. The van der Waals surface area contributed by atoms with E-state index in [0.717, 1.165) is 23.1 Å². The Morgan fingerprint density at radius 1 is 1.46 bits per heavy atom. The second kappa shape index (κ2) is 3.44. The number of hydrogen-bond donors (Lipinski definition) is 0. The molecule has 2 aromatic rings. The molecule has 13 heavy (non-hydrogen) atoms. The molecule has 0 fully saturated rings. The quantitative estimate of drug-likeness (QED) is 0.695. The van der Waals surface area contributed by atoms with Crippen LogP contribution in [0.4, 0.5) is 0 Å². The van der Waals surface area contributed by atoms with E-state index in [1.807, 2.05) is 24.3 Å². The fraction of sp³-hybridized carbons (Fsp3) is 0.0909. The molecule has 0 saturated carbocycles. The number of allylic oxidation sites excluding steroid dienone is 1. The molecule has 0 aromatic carbocycles. The highest BCUT2D eigenvalue weighted by Gasteiger charge is 2.00. The van der Waals surface area contributed by atoms with E-state index in [1.165, 1.54) is 0 Å². The molecule has 2 nitrogen and oxygen atoms in total. The zero-order valence-corrected chi connectivity index (χ0v) is 7.23. The fourth-order valence-corrected chi connectivity index (χ4v) is 1.24. The Hall–Kier alpha value is -1.57. The third-order valence-electron chi connectivity index (χ3n) is 1.85. The number of rotatable bonds is 2. The minimum absolute atomic E-state index is 0.774. The van der Waals surface area contributed by atoms with Crippen molar-refractivity contribution in [2.75, 3.05) is 0 Å². The molecule has 2 rings (SSSR count). The van der Waals surface area contributed by atoms with E-state index >= 15 is 0 Å². The van der Waals surface area contributed by atoms with E-state index in [-0.39, 0.29) is 0 Å². The molecule has 0 aliphatic heterocycles. The predicted octanol–water partition coefficient (Wildman–Crippen LogP) is 3.07. The molecule has 2 heterocycles. The number of furan rings is 1. The number of fused-ring (bicyclic) bond motifs is 1. The van der Waals surface area contributed by atoms with Gasteiger partial charge < -0.3 is 4.42 Å². The van der Waals surface area contributed by atoms with Gasteiger partial charge in [0, 0.05) is 11.6 Å². The van der Waals surface area contributed by atoms with Gasteiger partial charge in [0.1, 0.15) is 5.58 Å². The maximum absolute atomic E-state index is 5.25. The summed E-state index contributed by atoms with van der Waals surface area (Å²) in [5.74, 6) is 0. The molecular formula is C11H10NO. The molecular weight excluding hydrogens is 162 g/mol. The first kappa shape index (κ1) is 8.05. The van der Waals surface area contributed by atoms with Crippen molar-refractivity contribution in [1.29, 1.82) is 0 Å². The highest BCUT2D eigenvalue weighted by Crippen LogP contribution is 2.18. The van der Waals surface area contributed by atoms with Crippen molar-refractivity contribution >= 4 is 17.0 Å². The van der Waals surface area contributed by atoms with Gasteiger partial charge in [-0.3, -0.25) is 4.98 Å². The standard InChI is InChI=1S/C11H10NO/c1-2-3-4-10-9-6-8-13-11(9)5-7-12-10/h3-8H,1-2H2. The molecule has 2 heteroatoms. The molecule has 0 N–H and O–H groups in total. The van der Waals surface area contributed by atoms with Gasteiger partial charge in [-0.1, -0.05) is 6.08 Å². The predicted molar refractivity (Wildman–Crippen MR) is 53.0 cm³/mol. The van der Waals surface area contributed by atoms with E-state index in [9.17, 15) is 0 Å². The summed E-state index contributed by atoms with van der Waals surface area (Å²) < 4.78 is 5.25. The van der Waals surface area contributed by atoms with Crippen LogP contribution in [-0.4, -0.2) is 4.98 Å². The van der Waals surface area contributed by atoms with E-state index in [0.29, 0.717) is 0 Å². The average Bonchev–Trinajstić information content (AvgIpc) is 2.62. The van der Waals surface area contributed by atoms with Gasteiger partial charge in [-0.2, -0.15) is 0 Å². The van der Waals surface area contributed by atoms with Crippen LogP contribution in [0.5, 0.6) is 0 Å². The summed E-state index contributed by atoms with van der Waals surface area (Å²) in [4.78, 5) is 4.24. The van der Waals surface area contributed by atoms with E-state index in [4.69, 9.17) is 4.42 Å². The summed E-state index contributed by atoms with van der Waals surface area (Å²) in [6, 6.07) is 3.78. The van der Waals surface area contributed by atoms with Gasteiger partial charge in [0.15, 0.2) is 0 Å². The van der Waals surface area contributed by atoms with Gasteiger partial charge >= 0.3 is 0 Å². The van der Waals surface area contributed by atoms with Crippen LogP contribution in [0.1, 0.15) is 12.1 Å². The van der Waals surface area contributed by atoms with Gasteiger partial charge in [0.2, 0.25) is 0 Å². The molecule has 0 aliphatic carbocycles. The number of aromatic nitrogens is 1. The van der Waals surface area contributed by atoms with Gasteiger partial charge in [-0.05, 0) is 31.6 Å². The van der Waals surface area contributed by atoms with Crippen LogP contribution in [0.3, 0.4) is 0 Å². The summed E-state index contributed by atoms with van der Waals surface area (Å²) in [5, 5.41) is 1.05. The number of pyridine rings is 1. The van der Waals surface area contributed by atoms with Gasteiger partial charge in [-0.15, -0.1) is 0 Å². The maximum atomic E-state index is 5.25. The molecule has 0 bridgehead atoms. The summed E-state index contributed by atoms with van der Waals surface area (Å²) in [6.45, 7) is 3.73. The Labute approximate surface area is 76.9 Å². The number of hydrogen-bond acceptors (Lipinski definition) is 2. The summed E-state index contributed by atoms with van der Waals surface area (Å²) in [6.07, 6.45) is 8.14. The van der Waals surface area contributed by atoms with Crippen LogP contribution in [0, 0.1) is 6.92 Å². The van der Waals surface area contributed by atoms with E-state index in [1.54, 1.807) is 12.5 Å². The van der Waals surface area contributed by atoms with Crippen molar-refractivity contribution in [3.63, 3.8) is 0 Å². The lowest BCUT2D eigenvalue weighted by molar-refractivity contribution is 0.615. The third kappa shape index (κ3) is 1.47. The molecule has 1 radical (unpaired) electrons. The molecule has 0 amide bonds. The highest BCUT2D eigenvalue weighted by atomic mass is 16.3. The first-order chi connectivity index (χ1) is 6.42. The minimum atomic E-state index is 0.774. The van der Waals surface area contributed by atoms with Crippen molar-refractivity contribution in [3.05, 3.63) is 43.3 Å². The van der Waals surface area contributed by atoms with Crippen molar-refractivity contribution < 1.29 is 4.42 Å². The van der Waals surface area contributed by atoms with Gasteiger partial charge in [0.25, 0.3) is 0 Å². The van der Waals surface area contributed by atoms with Crippen molar-refractivity contribution in [2.45, 2.75) is 6.42 Å². The molecule has 65 valence electrons. The molecule has 0 unspecified atom stereocenters. The second-order valence-electron chi connectivity index (χ2n) is 2.72. The van der Waals surface area contributed by atoms with Crippen LogP contribution in [0.25, 0.3) is 17.0 Å². The second-order valence-corrected chi connectivity index (χ2v) is 2.72. The monoisotopic (exact) mass is 172 g/mol. The topological polar surface area (TPSA) is 26.0 Å².